The Bertz CT molecular complexity index is 855. The highest BCUT2D eigenvalue weighted by atomic mass is 35.5. The predicted octanol–water partition coefficient (Wildman–Crippen LogP) is -0.573. The molecule has 5 N–H and O–H groups in total. The van der Waals surface area contributed by atoms with Gasteiger partial charge >= 0.3 is 12.1 Å². The van der Waals surface area contributed by atoms with Gasteiger partial charge in [-0.05, 0) is 11.6 Å². The molecule has 0 aliphatic carbocycles. The maximum atomic E-state index is 12.0. The fraction of sp³-hybridized carbons (Fsp3) is 0.300. The van der Waals surface area contributed by atoms with Crippen LogP contribution in [-0.4, -0.2) is 59.0 Å². The number of hydrogen-bond acceptors (Lipinski definition) is 7. The van der Waals surface area contributed by atoms with Crippen molar-refractivity contribution < 1.29 is 35.5 Å². The van der Waals surface area contributed by atoms with E-state index in [1.165, 1.54) is 12.1 Å². The Hall–Kier alpha value is -2.00. The van der Waals surface area contributed by atoms with Crippen LogP contribution in [0.3, 0.4) is 0 Å². The number of rotatable bonds is 6. The summed E-state index contributed by atoms with van der Waals surface area (Å²) in [6.45, 7) is -0.608. The van der Waals surface area contributed by atoms with Crippen molar-refractivity contribution in [2.45, 2.75) is 11.9 Å². The third-order valence-corrected chi connectivity index (χ3v) is 4.96. The van der Waals surface area contributed by atoms with E-state index in [0.29, 0.717) is 0 Å². The van der Waals surface area contributed by atoms with Crippen LogP contribution in [0.5, 0.6) is 0 Å². The monoisotopic (exact) mass is 416 g/mol. The van der Waals surface area contributed by atoms with Crippen LogP contribution in [0.15, 0.2) is 18.3 Å². The van der Waals surface area contributed by atoms with Crippen molar-refractivity contribution in [1.29, 1.82) is 0 Å². The maximum Gasteiger partial charge on any atom is 0.326 e. The molecule has 4 amide bonds. The highest BCUT2D eigenvalue weighted by Gasteiger charge is 2.37. The van der Waals surface area contributed by atoms with Crippen LogP contribution in [0.1, 0.15) is 5.56 Å². The van der Waals surface area contributed by atoms with Crippen molar-refractivity contribution in [1.82, 2.24) is 15.2 Å². The first kappa shape index (κ1) is 21.0. The summed E-state index contributed by atoms with van der Waals surface area (Å²) in [7, 11) is -10.1. The van der Waals surface area contributed by atoms with Gasteiger partial charge in [-0.25, -0.2) is 14.6 Å². The second-order valence-electron chi connectivity index (χ2n) is 4.63. The number of pyridine rings is 1. The van der Waals surface area contributed by atoms with Gasteiger partial charge in [0, 0.05) is 6.20 Å². The molecule has 0 aliphatic rings. The van der Waals surface area contributed by atoms with Gasteiger partial charge in [-0.15, -0.1) is 0 Å². The molecule has 0 fully saturated rings. The second kappa shape index (κ2) is 7.92. The Morgan fingerprint density at radius 1 is 1.28 bits per heavy atom. The number of carbonyl (C=O) groups is 2. The molecule has 0 aliphatic heterocycles. The molecule has 1 heterocycles. The fourth-order valence-corrected chi connectivity index (χ4v) is 4.04. The van der Waals surface area contributed by atoms with Gasteiger partial charge < -0.3 is 5.73 Å². The third-order valence-electron chi connectivity index (χ3n) is 2.68. The molecule has 1 aromatic heterocycles. The summed E-state index contributed by atoms with van der Waals surface area (Å²) < 4.78 is 63.2. The summed E-state index contributed by atoms with van der Waals surface area (Å²) in [4.78, 5) is 26.8. The van der Waals surface area contributed by atoms with E-state index in [0.717, 1.165) is 6.20 Å². The number of hydrogen-bond donors (Lipinski definition) is 4. The maximum absolute atomic E-state index is 12.0. The standard InChI is InChI=1S/C10H13ClN4O8S2/c11-7-2-1-6(3-13-7)4-15(10(17)14-9(12)16)8(25(21,22)23)5-24(18,19)20/h1-3,8H,4-5H2,(H,18,19,20)(H,21,22,23)(H3,12,14,16,17). The zero-order valence-electron chi connectivity index (χ0n) is 12.2. The Kier molecular flexibility index (Phi) is 6.67. The molecule has 1 rings (SSSR count). The summed E-state index contributed by atoms with van der Waals surface area (Å²) in [5, 5.41) is -0.794. The van der Waals surface area contributed by atoms with Crippen LogP contribution >= 0.6 is 11.6 Å². The second-order valence-corrected chi connectivity index (χ2v) is 8.09. The van der Waals surface area contributed by atoms with Gasteiger partial charge in [0.15, 0.2) is 5.37 Å². The van der Waals surface area contributed by atoms with Gasteiger partial charge in [0.25, 0.3) is 20.2 Å². The number of nitrogens with one attached hydrogen (secondary N) is 1. The minimum Gasteiger partial charge on any atom is -0.351 e. The fourth-order valence-electron chi connectivity index (χ4n) is 1.70. The molecule has 1 atom stereocenters. The third kappa shape index (κ3) is 7.18. The largest absolute Gasteiger partial charge is 0.351 e. The SMILES string of the molecule is NC(=O)NC(=O)N(Cc1ccc(Cl)nc1)C(CS(=O)(=O)O)S(=O)(=O)O. The van der Waals surface area contributed by atoms with Gasteiger partial charge in [0.05, 0.1) is 6.54 Å². The number of imide groups is 1. The van der Waals surface area contributed by atoms with Crippen molar-refractivity contribution in [3.63, 3.8) is 0 Å². The Morgan fingerprint density at radius 2 is 1.88 bits per heavy atom. The molecule has 15 heteroatoms. The van der Waals surface area contributed by atoms with Crippen LogP contribution < -0.4 is 11.1 Å². The van der Waals surface area contributed by atoms with E-state index in [1.807, 2.05) is 0 Å². The molecule has 0 saturated heterocycles. The average Bonchev–Trinajstić information content (AvgIpc) is 2.41. The lowest BCUT2D eigenvalue weighted by molar-refractivity contribution is 0.187. The molecule has 0 saturated carbocycles. The van der Waals surface area contributed by atoms with Crippen molar-refractivity contribution >= 4 is 43.9 Å². The van der Waals surface area contributed by atoms with E-state index in [1.54, 1.807) is 5.32 Å². The summed E-state index contributed by atoms with van der Waals surface area (Å²) >= 11 is 5.59. The van der Waals surface area contributed by atoms with E-state index >= 15 is 0 Å². The summed E-state index contributed by atoms with van der Waals surface area (Å²) in [6.07, 6.45) is 1.14. The molecule has 0 bridgehead atoms. The molecule has 0 aromatic carbocycles. The summed E-state index contributed by atoms with van der Waals surface area (Å²) in [6, 6.07) is -0.153. The van der Waals surface area contributed by atoms with E-state index < -0.39 is 50.0 Å². The topological polar surface area (TPSA) is 197 Å². The van der Waals surface area contributed by atoms with E-state index in [2.05, 4.69) is 4.98 Å². The normalized spacial score (nSPS) is 13.1. The first-order chi connectivity index (χ1) is 11.3. The van der Waals surface area contributed by atoms with E-state index in [4.69, 9.17) is 21.9 Å². The molecule has 0 spiro atoms. The van der Waals surface area contributed by atoms with Crippen molar-refractivity contribution in [3.8, 4) is 0 Å². The number of primary amides is 1. The summed E-state index contributed by atoms with van der Waals surface area (Å²) in [5.41, 5.74) is 4.95. The number of nitrogens with zero attached hydrogens (tertiary/aromatic N) is 2. The first-order valence-electron chi connectivity index (χ1n) is 6.18. The highest BCUT2D eigenvalue weighted by Crippen LogP contribution is 2.15. The predicted molar refractivity (Wildman–Crippen MR) is 84.7 cm³/mol. The number of halogens is 1. The minimum absolute atomic E-state index is 0.0844. The lowest BCUT2D eigenvalue weighted by Gasteiger charge is -2.28. The van der Waals surface area contributed by atoms with E-state index in [9.17, 15) is 31.0 Å². The van der Waals surface area contributed by atoms with Crippen molar-refractivity contribution in [2.24, 2.45) is 5.73 Å². The summed E-state index contributed by atoms with van der Waals surface area (Å²) in [5.74, 6) is -1.54. The number of nitrogens with two attached hydrogens (primary N) is 1. The lowest BCUT2D eigenvalue weighted by Crippen LogP contribution is -2.53. The molecule has 1 unspecified atom stereocenters. The molecule has 0 radical (unpaired) electrons. The smallest absolute Gasteiger partial charge is 0.326 e. The van der Waals surface area contributed by atoms with Crippen LogP contribution in [0.4, 0.5) is 9.59 Å². The van der Waals surface area contributed by atoms with Gasteiger partial charge in [-0.3, -0.25) is 19.3 Å². The first-order valence-corrected chi connectivity index (χ1v) is 9.67. The number of amides is 4. The molecule has 140 valence electrons. The van der Waals surface area contributed by atoms with Gasteiger partial charge in [0.2, 0.25) is 0 Å². The highest BCUT2D eigenvalue weighted by molar-refractivity contribution is 7.90. The quantitative estimate of drug-likeness (QED) is 0.346. The van der Waals surface area contributed by atoms with Crippen molar-refractivity contribution in [2.75, 3.05) is 5.75 Å². The molecular weight excluding hydrogens is 404 g/mol. The van der Waals surface area contributed by atoms with Crippen LogP contribution in [-0.2, 0) is 26.8 Å². The Labute approximate surface area is 147 Å². The van der Waals surface area contributed by atoms with E-state index in [-0.39, 0.29) is 15.6 Å². The Balaban J connectivity index is 3.32. The molecule has 1 aromatic rings. The average molecular weight is 417 g/mol. The van der Waals surface area contributed by atoms with Crippen LogP contribution in [0, 0.1) is 0 Å². The van der Waals surface area contributed by atoms with Gasteiger partial charge in [-0.1, -0.05) is 17.7 Å². The molecular formula is C10H13ClN4O8S2. The number of carbonyl (C=O) groups excluding carboxylic acids is 2. The van der Waals surface area contributed by atoms with Gasteiger partial charge in [-0.2, -0.15) is 16.8 Å². The van der Waals surface area contributed by atoms with Crippen LogP contribution in [0.2, 0.25) is 5.15 Å². The Morgan fingerprint density at radius 3 is 2.28 bits per heavy atom. The van der Waals surface area contributed by atoms with Crippen molar-refractivity contribution in [3.05, 3.63) is 29.0 Å². The lowest BCUT2D eigenvalue weighted by atomic mass is 10.2. The number of urea groups is 2. The van der Waals surface area contributed by atoms with Gasteiger partial charge in [0.1, 0.15) is 10.9 Å². The molecule has 25 heavy (non-hydrogen) atoms. The molecule has 12 nitrogen and oxygen atoms in total. The number of aromatic nitrogens is 1. The zero-order chi connectivity index (χ0) is 19.4. The van der Waals surface area contributed by atoms with Crippen LogP contribution in [0.25, 0.3) is 0 Å². The minimum atomic E-state index is -5.18. The zero-order valence-corrected chi connectivity index (χ0v) is 14.6.